The SMILES string of the molecule is CCOC(C)(C)CNC(=O)c1ccc(O)c(C)c1. The Balaban J connectivity index is 2.63. The van der Waals surface area contributed by atoms with Crippen molar-refractivity contribution in [2.24, 2.45) is 0 Å². The summed E-state index contributed by atoms with van der Waals surface area (Å²) in [5.74, 6) is 0.0343. The van der Waals surface area contributed by atoms with Crippen LogP contribution in [-0.2, 0) is 4.74 Å². The molecule has 1 rings (SSSR count). The maximum Gasteiger partial charge on any atom is 0.251 e. The highest BCUT2D eigenvalue weighted by molar-refractivity contribution is 5.94. The van der Waals surface area contributed by atoms with Gasteiger partial charge in [0, 0.05) is 18.7 Å². The highest BCUT2D eigenvalue weighted by atomic mass is 16.5. The molecule has 4 heteroatoms. The predicted molar refractivity (Wildman–Crippen MR) is 70.9 cm³/mol. The van der Waals surface area contributed by atoms with E-state index in [1.165, 1.54) is 6.07 Å². The molecule has 0 heterocycles. The summed E-state index contributed by atoms with van der Waals surface area (Å²) >= 11 is 0. The summed E-state index contributed by atoms with van der Waals surface area (Å²) in [7, 11) is 0. The molecule has 0 aromatic heterocycles. The van der Waals surface area contributed by atoms with E-state index in [9.17, 15) is 9.90 Å². The smallest absolute Gasteiger partial charge is 0.251 e. The lowest BCUT2D eigenvalue weighted by atomic mass is 10.1. The molecule has 0 aliphatic carbocycles. The number of aromatic hydroxyl groups is 1. The van der Waals surface area contributed by atoms with Gasteiger partial charge in [-0.1, -0.05) is 0 Å². The van der Waals surface area contributed by atoms with Crippen molar-refractivity contribution in [1.82, 2.24) is 5.32 Å². The molecule has 0 radical (unpaired) electrons. The summed E-state index contributed by atoms with van der Waals surface area (Å²) in [5.41, 5.74) is 0.848. The van der Waals surface area contributed by atoms with Crippen molar-refractivity contribution in [1.29, 1.82) is 0 Å². The molecule has 1 amide bonds. The van der Waals surface area contributed by atoms with Crippen molar-refractivity contribution >= 4 is 5.91 Å². The third kappa shape index (κ3) is 4.04. The van der Waals surface area contributed by atoms with Gasteiger partial charge >= 0.3 is 0 Å². The van der Waals surface area contributed by atoms with Crippen molar-refractivity contribution < 1.29 is 14.6 Å². The molecule has 4 nitrogen and oxygen atoms in total. The van der Waals surface area contributed by atoms with Gasteiger partial charge in [-0.2, -0.15) is 0 Å². The van der Waals surface area contributed by atoms with E-state index in [4.69, 9.17) is 4.74 Å². The number of phenols is 1. The van der Waals surface area contributed by atoms with E-state index in [2.05, 4.69) is 5.32 Å². The average molecular weight is 251 g/mol. The van der Waals surface area contributed by atoms with Gasteiger partial charge in [0.1, 0.15) is 5.75 Å². The van der Waals surface area contributed by atoms with Crippen molar-refractivity contribution in [3.8, 4) is 5.75 Å². The van der Waals surface area contributed by atoms with Crippen LogP contribution >= 0.6 is 0 Å². The van der Waals surface area contributed by atoms with Crippen LogP contribution < -0.4 is 5.32 Å². The van der Waals surface area contributed by atoms with Crippen molar-refractivity contribution in [3.05, 3.63) is 29.3 Å². The molecule has 18 heavy (non-hydrogen) atoms. The van der Waals surface area contributed by atoms with Crippen molar-refractivity contribution in [3.63, 3.8) is 0 Å². The van der Waals surface area contributed by atoms with Crippen LogP contribution in [0.2, 0.25) is 0 Å². The Labute approximate surface area is 108 Å². The summed E-state index contributed by atoms with van der Waals surface area (Å²) in [6.45, 7) is 8.60. The van der Waals surface area contributed by atoms with E-state index in [0.29, 0.717) is 24.3 Å². The zero-order valence-electron chi connectivity index (χ0n) is 11.4. The third-order valence-corrected chi connectivity index (χ3v) is 2.67. The number of amides is 1. The maximum absolute atomic E-state index is 11.9. The number of phenolic OH excluding ortho intramolecular Hbond substituents is 1. The summed E-state index contributed by atoms with van der Waals surface area (Å²) in [5, 5.41) is 12.2. The first-order chi connectivity index (χ1) is 8.35. The molecular weight excluding hydrogens is 230 g/mol. The van der Waals surface area contributed by atoms with Crippen LogP contribution in [-0.4, -0.2) is 29.8 Å². The zero-order chi connectivity index (χ0) is 13.8. The van der Waals surface area contributed by atoms with Gasteiger partial charge in [-0.15, -0.1) is 0 Å². The highest BCUT2D eigenvalue weighted by Crippen LogP contribution is 2.17. The van der Waals surface area contributed by atoms with Crippen LogP contribution in [0.25, 0.3) is 0 Å². The first-order valence-corrected chi connectivity index (χ1v) is 6.07. The Morgan fingerprint density at radius 1 is 1.44 bits per heavy atom. The Kier molecular flexibility index (Phi) is 4.73. The van der Waals surface area contributed by atoms with Gasteiger partial charge in [0.25, 0.3) is 5.91 Å². The van der Waals surface area contributed by atoms with Crippen LogP contribution in [0.5, 0.6) is 5.75 Å². The van der Waals surface area contributed by atoms with E-state index in [0.717, 1.165) is 0 Å². The second-order valence-electron chi connectivity index (χ2n) is 4.88. The van der Waals surface area contributed by atoms with E-state index in [1.807, 2.05) is 20.8 Å². The van der Waals surface area contributed by atoms with Gasteiger partial charge in [-0.3, -0.25) is 4.79 Å². The first kappa shape index (κ1) is 14.5. The number of hydrogen-bond donors (Lipinski definition) is 2. The normalized spacial score (nSPS) is 11.3. The number of nitrogens with one attached hydrogen (secondary N) is 1. The van der Waals surface area contributed by atoms with Gasteiger partial charge in [0.2, 0.25) is 0 Å². The van der Waals surface area contributed by atoms with E-state index in [-0.39, 0.29) is 17.3 Å². The largest absolute Gasteiger partial charge is 0.508 e. The average Bonchev–Trinajstić information content (AvgIpc) is 2.30. The third-order valence-electron chi connectivity index (χ3n) is 2.67. The van der Waals surface area contributed by atoms with Crippen LogP contribution in [0, 0.1) is 6.92 Å². The lowest BCUT2D eigenvalue weighted by Gasteiger charge is -2.24. The summed E-state index contributed by atoms with van der Waals surface area (Å²) < 4.78 is 5.50. The Bertz CT molecular complexity index is 427. The number of hydrogen-bond acceptors (Lipinski definition) is 3. The second kappa shape index (κ2) is 5.87. The number of benzene rings is 1. The Hall–Kier alpha value is -1.55. The maximum atomic E-state index is 11.9. The highest BCUT2D eigenvalue weighted by Gasteiger charge is 2.19. The topological polar surface area (TPSA) is 58.6 Å². The lowest BCUT2D eigenvalue weighted by Crippen LogP contribution is -2.40. The van der Waals surface area contributed by atoms with Gasteiger partial charge in [0.15, 0.2) is 0 Å². The minimum Gasteiger partial charge on any atom is -0.508 e. The quantitative estimate of drug-likeness (QED) is 0.843. The van der Waals surface area contributed by atoms with E-state index < -0.39 is 0 Å². The number of carbonyl (C=O) groups excluding carboxylic acids is 1. The fraction of sp³-hybridized carbons (Fsp3) is 0.500. The predicted octanol–water partition coefficient (Wildman–Crippen LogP) is 2.25. The van der Waals surface area contributed by atoms with Crippen LogP contribution in [0.3, 0.4) is 0 Å². The molecule has 2 N–H and O–H groups in total. The number of rotatable bonds is 5. The molecule has 0 bridgehead atoms. The fourth-order valence-electron chi connectivity index (χ4n) is 1.63. The van der Waals surface area contributed by atoms with Gasteiger partial charge in [0.05, 0.1) is 5.60 Å². The summed E-state index contributed by atoms with van der Waals surface area (Å²) in [6, 6.07) is 4.79. The molecule has 0 aliphatic rings. The zero-order valence-corrected chi connectivity index (χ0v) is 11.4. The van der Waals surface area contributed by atoms with Crippen LogP contribution in [0.4, 0.5) is 0 Å². The molecule has 1 aromatic rings. The minimum atomic E-state index is -0.379. The molecule has 1 aromatic carbocycles. The molecule has 0 saturated carbocycles. The molecule has 0 aliphatic heterocycles. The minimum absolute atomic E-state index is 0.161. The van der Waals surface area contributed by atoms with Crippen LogP contribution in [0.1, 0.15) is 36.7 Å². The molecular formula is C14H21NO3. The van der Waals surface area contributed by atoms with E-state index >= 15 is 0 Å². The molecule has 0 atom stereocenters. The molecule has 0 unspecified atom stereocenters. The van der Waals surface area contributed by atoms with Gasteiger partial charge in [-0.25, -0.2) is 0 Å². The molecule has 100 valence electrons. The molecule has 0 spiro atoms. The number of carbonyl (C=O) groups is 1. The Morgan fingerprint density at radius 2 is 2.11 bits per heavy atom. The summed E-state index contributed by atoms with van der Waals surface area (Å²) in [6.07, 6.45) is 0. The standard InChI is InChI=1S/C14H21NO3/c1-5-18-14(3,4)9-15-13(17)11-6-7-12(16)10(2)8-11/h6-8,16H,5,9H2,1-4H3,(H,15,17). The van der Waals surface area contributed by atoms with Gasteiger partial charge in [-0.05, 0) is 51.5 Å². The fourth-order valence-corrected chi connectivity index (χ4v) is 1.63. The first-order valence-electron chi connectivity index (χ1n) is 6.07. The van der Waals surface area contributed by atoms with Crippen molar-refractivity contribution in [2.75, 3.05) is 13.2 Å². The monoisotopic (exact) mass is 251 g/mol. The molecule has 0 fully saturated rings. The number of aryl methyl sites for hydroxylation is 1. The lowest BCUT2D eigenvalue weighted by molar-refractivity contribution is -0.00815. The molecule has 0 saturated heterocycles. The second-order valence-corrected chi connectivity index (χ2v) is 4.88. The summed E-state index contributed by atoms with van der Waals surface area (Å²) in [4.78, 5) is 11.9. The van der Waals surface area contributed by atoms with Gasteiger partial charge < -0.3 is 15.2 Å². The number of ether oxygens (including phenoxy) is 1. The van der Waals surface area contributed by atoms with Crippen LogP contribution in [0.15, 0.2) is 18.2 Å². The van der Waals surface area contributed by atoms with E-state index in [1.54, 1.807) is 19.1 Å². The Morgan fingerprint density at radius 3 is 2.67 bits per heavy atom. The van der Waals surface area contributed by atoms with Crippen molar-refractivity contribution in [2.45, 2.75) is 33.3 Å².